The second-order valence-corrected chi connectivity index (χ2v) is 7.55. The molecule has 1 saturated heterocycles. The van der Waals surface area contributed by atoms with Crippen molar-refractivity contribution in [1.29, 1.82) is 0 Å². The van der Waals surface area contributed by atoms with E-state index in [1.54, 1.807) is 6.34 Å². The minimum atomic E-state index is -4.41. The molecule has 0 saturated carbocycles. The van der Waals surface area contributed by atoms with Gasteiger partial charge in [0.1, 0.15) is 6.67 Å². The normalized spacial score (nSPS) is 18.3. The second-order valence-electron chi connectivity index (χ2n) is 7.11. The van der Waals surface area contributed by atoms with Crippen LogP contribution in [0, 0.1) is 0 Å². The molecule has 2 aliphatic rings. The van der Waals surface area contributed by atoms with Crippen LogP contribution in [0.25, 0.3) is 0 Å². The smallest absolute Gasteiger partial charge is 0.341 e. The average Bonchev–Trinajstić information content (AvgIpc) is 3.21. The monoisotopic (exact) mass is 424 g/mol. The molecule has 0 unspecified atom stereocenters. The van der Waals surface area contributed by atoms with Gasteiger partial charge in [-0.05, 0) is 36.6 Å². The fraction of sp³-hybridized carbons (Fsp3) is 0.421. The van der Waals surface area contributed by atoms with Gasteiger partial charge in [-0.15, -0.1) is 0 Å². The molecule has 1 fully saturated rings. The molecule has 0 N–H and O–H groups in total. The van der Waals surface area contributed by atoms with Crippen LogP contribution in [0.3, 0.4) is 0 Å². The molecule has 0 aliphatic carbocycles. The van der Waals surface area contributed by atoms with E-state index < -0.39 is 11.9 Å². The molecule has 1 aromatic carbocycles. The zero-order valence-electron chi connectivity index (χ0n) is 15.6. The number of alkyl halides is 3. The van der Waals surface area contributed by atoms with Crippen molar-refractivity contribution < 1.29 is 13.2 Å². The fourth-order valence-electron chi connectivity index (χ4n) is 3.48. The van der Waals surface area contributed by atoms with Crippen LogP contribution in [0.1, 0.15) is 30.1 Å². The molecule has 154 valence electrons. The van der Waals surface area contributed by atoms with Crippen LogP contribution in [0.4, 0.5) is 13.2 Å². The Bertz CT molecular complexity index is 897. The van der Waals surface area contributed by atoms with Gasteiger partial charge in [0, 0.05) is 30.9 Å². The van der Waals surface area contributed by atoms with E-state index in [0.29, 0.717) is 50.1 Å². The van der Waals surface area contributed by atoms with Crippen LogP contribution in [0.15, 0.2) is 46.5 Å². The third kappa shape index (κ3) is 4.72. The lowest BCUT2D eigenvalue weighted by molar-refractivity contribution is -0.141. The SMILES string of the molecule is FC(F)(F)c1ccn(C2CCN(C3=NCN(Cc4ccc(Cl)cc4)C=N3)CC2)n1. The summed E-state index contributed by atoms with van der Waals surface area (Å²) in [7, 11) is 0. The van der Waals surface area contributed by atoms with Gasteiger partial charge in [-0.25, -0.2) is 9.98 Å². The third-order valence-electron chi connectivity index (χ3n) is 5.05. The van der Waals surface area contributed by atoms with Crippen LogP contribution >= 0.6 is 11.6 Å². The number of rotatable bonds is 3. The van der Waals surface area contributed by atoms with E-state index >= 15 is 0 Å². The number of benzene rings is 1. The van der Waals surface area contributed by atoms with E-state index in [0.717, 1.165) is 11.6 Å². The Morgan fingerprint density at radius 2 is 1.79 bits per heavy atom. The quantitative estimate of drug-likeness (QED) is 0.747. The van der Waals surface area contributed by atoms with E-state index in [1.807, 2.05) is 29.2 Å². The molecule has 6 nitrogen and oxygen atoms in total. The number of hydrogen-bond donors (Lipinski definition) is 0. The van der Waals surface area contributed by atoms with Gasteiger partial charge in [-0.2, -0.15) is 18.3 Å². The molecular weight excluding hydrogens is 405 g/mol. The molecule has 0 spiro atoms. The predicted octanol–water partition coefficient (Wildman–Crippen LogP) is 4.05. The number of aliphatic imine (C=N–C) groups is 2. The average molecular weight is 425 g/mol. The van der Waals surface area contributed by atoms with Crippen LogP contribution in [-0.4, -0.2) is 51.6 Å². The Balaban J connectivity index is 1.29. The fourth-order valence-corrected chi connectivity index (χ4v) is 3.61. The summed E-state index contributed by atoms with van der Waals surface area (Å²) in [5, 5.41) is 4.40. The number of aromatic nitrogens is 2. The minimum Gasteiger partial charge on any atom is -0.341 e. The highest BCUT2D eigenvalue weighted by Gasteiger charge is 2.34. The number of nitrogens with zero attached hydrogens (tertiary/aromatic N) is 6. The highest BCUT2D eigenvalue weighted by Crippen LogP contribution is 2.29. The topological polar surface area (TPSA) is 49.0 Å². The predicted molar refractivity (Wildman–Crippen MR) is 105 cm³/mol. The van der Waals surface area contributed by atoms with Gasteiger partial charge in [-0.1, -0.05) is 23.7 Å². The summed E-state index contributed by atoms with van der Waals surface area (Å²) in [5.74, 6) is 0.673. The first-order chi connectivity index (χ1) is 13.9. The Kier molecular flexibility index (Phi) is 5.49. The number of piperidine rings is 1. The van der Waals surface area contributed by atoms with E-state index in [4.69, 9.17) is 11.6 Å². The second kappa shape index (κ2) is 8.06. The van der Waals surface area contributed by atoms with E-state index in [-0.39, 0.29) is 6.04 Å². The molecule has 1 aromatic heterocycles. The number of guanidine groups is 1. The van der Waals surface area contributed by atoms with Crippen molar-refractivity contribution in [2.75, 3.05) is 19.8 Å². The lowest BCUT2D eigenvalue weighted by atomic mass is 10.1. The van der Waals surface area contributed by atoms with E-state index in [2.05, 4.69) is 20.0 Å². The Hall–Kier alpha value is -2.55. The van der Waals surface area contributed by atoms with Crippen molar-refractivity contribution in [2.24, 2.45) is 9.98 Å². The maximum Gasteiger partial charge on any atom is 0.435 e. The molecule has 4 rings (SSSR count). The zero-order valence-corrected chi connectivity index (χ0v) is 16.3. The number of halogens is 4. The molecule has 2 aromatic rings. The lowest BCUT2D eigenvalue weighted by Gasteiger charge is -2.34. The first-order valence-corrected chi connectivity index (χ1v) is 9.71. The molecular formula is C19H20ClF3N6. The lowest BCUT2D eigenvalue weighted by Crippen LogP contribution is -2.41. The van der Waals surface area contributed by atoms with Crippen molar-refractivity contribution in [2.45, 2.75) is 31.6 Å². The Morgan fingerprint density at radius 1 is 1.07 bits per heavy atom. The van der Waals surface area contributed by atoms with Crippen molar-refractivity contribution >= 4 is 23.9 Å². The number of hydrogen-bond acceptors (Lipinski definition) is 5. The van der Waals surface area contributed by atoms with Gasteiger partial charge in [0.05, 0.1) is 12.4 Å². The molecule has 0 atom stereocenters. The van der Waals surface area contributed by atoms with Gasteiger partial charge in [0.2, 0.25) is 5.96 Å². The molecule has 2 aliphatic heterocycles. The van der Waals surface area contributed by atoms with Crippen molar-refractivity contribution in [3.8, 4) is 0 Å². The largest absolute Gasteiger partial charge is 0.435 e. The number of likely N-dealkylation sites (tertiary alicyclic amines) is 1. The van der Waals surface area contributed by atoms with Crippen molar-refractivity contribution in [1.82, 2.24) is 19.6 Å². The minimum absolute atomic E-state index is 0.0445. The van der Waals surface area contributed by atoms with Crippen molar-refractivity contribution in [3.63, 3.8) is 0 Å². The zero-order chi connectivity index (χ0) is 20.4. The first-order valence-electron chi connectivity index (χ1n) is 9.33. The highest BCUT2D eigenvalue weighted by molar-refractivity contribution is 6.30. The summed E-state index contributed by atoms with van der Waals surface area (Å²) in [6.07, 6.45) is 0.180. The van der Waals surface area contributed by atoms with Crippen LogP contribution in [0.2, 0.25) is 5.02 Å². The molecule has 0 amide bonds. The van der Waals surface area contributed by atoms with Crippen molar-refractivity contribution in [3.05, 3.63) is 52.8 Å². The molecule has 29 heavy (non-hydrogen) atoms. The van der Waals surface area contributed by atoms with Gasteiger partial charge < -0.3 is 9.80 Å². The van der Waals surface area contributed by atoms with E-state index in [1.165, 1.54) is 10.9 Å². The van der Waals surface area contributed by atoms with Crippen LogP contribution in [0.5, 0.6) is 0 Å². The van der Waals surface area contributed by atoms with Gasteiger partial charge in [0.15, 0.2) is 5.69 Å². The summed E-state index contributed by atoms with van der Waals surface area (Å²) >= 11 is 5.91. The first kappa shape index (κ1) is 19.8. The van der Waals surface area contributed by atoms with Gasteiger partial charge in [0.25, 0.3) is 0 Å². The van der Waals surface area contributed by atoms with Gasteiger partial charge in [-0.3, -0.25) is 4.68 Å². The molecule has 3 heterocycles. The maximum absolute atomic E-state index is 12.7. The van der Waals surface area contributed by atoms with Crippen LogP contribution < -0.4 is 0 Å². The van der Waals surface area contributed by atoms with E-state index in [9.17, 15) is 13.2 Å². The Morgan fingerprint density at radius 3 is 2.38 bits per heavy atom. The standard InChI is InChI=1S/C19H20ClF3N6/c20-15-3-1-14(2-4-15)11-27-12-24-18(25-13-27)28-8-5-16(6-9-28)29-10-7-17(26-29)19(21,22)23/h1-4,7,10,12,16H,5-6,8-9,11,13H2. The summed E-state index contributed by atoms with van der Waals surface area (Å²) < 4.78 is 39.6. The maximum atomic E-state index is 12.7. The molecule has 0 radical (unpaired) electrons. The highest BCUT2D eigenvalue weighted by atomic mass is 35.5. The molecule has 10 heteroatoms. The third-order valence-corrected chi connectivity index (χ3v) is 5.30. The van der Waals surface area contributed by atoms with Gasteiger partial charge >= 0.3 is 6.18 Å². The summed E-state index contributed by atoms with van der Waals surface area (Å²) in [5.41, 5.74) is 0.278. The summed E-state index contributed by atoms with van der Waals surface area (Å²) in [4.78, 5) is 13.1. The molecule has 0 bridgehead atoms. The van der Waals surface area contributed by atoms with Crippen LogP contribution in [-0.2, 0) is 12.7 Å². The summed E-state index contributed by atoms with van der Waals surface area (Å²) in [6, 6.07) is 8.63. The summed E-state index contributed by atoms with van der Waals surface area (Å²) in [6.45, 7) is 2.56. The Labute approximate surface area is 171 Å².